The minimum Gasteiger partial charge on any atom is -0.347 e. The Morgan fingerprint density at radius 2 is 1.83 bits per heavy atom. The first kappa shape index (κ1) is 16.0. The maximum absolute atomic E-state index is 12.8. The molecule has 0 radical (unpaired) electrons. The monoisotopic (exact) mass is 314 g/mol. The summed E-state index contributed by atoms with van der Waals surface area (Å²) in [4.78, 5) is 24.3. The number of amides is 2. The van der Waals surface area contributed by atoms with E-state index in [1.165, 1.54) is 18.1 Å². The van der Waals surface area contributed by atoms with Gasteiger partial charge in [-0.2, -0.15) is 0 Å². The van der Waals surface area contributed by atoms with Crippen molar-refractivity contribution in [2.45, 2.75) is 64.0 Å². The van der Waals surface area contributed by atoms with E-state index in [4.69, 9.17) is 0 Å². The molecule has 2 atom stereocenters. The van der Waals surface area contributed by atoms with Crippen LogP contribution >= 0.6 is 0 Å². The molecular weight excluding hydrogens is 288 g/mol. The summed E-state index contributed by atoms with van der Waals surface area (Å²) >= 11 is 0. The molecule has 3 rings (SSSR count). The molecule has 2 N–H and O–H groups in total. The van der Waals surface area contributed by atoms with Crippen molar-refractivity contribution in [3.8, 4) is 0 Å². The molecule has 2 aliphatic carbocycles. The first-order chi connectivity index (χ1) is 11.1. The van der Waals surface area contributed by atoms with Crippen LogP contribution in [0.1, 0.15) is 62.6 Å². The molecule has 1 aromatic rings. The van der Waals surface area contributed by atoms with Crippen LogP contribution in [0.2, 0.25) is 0 Å². The molecule has 4 nitrogen and oxygen atoms in total. The number of nitrogens with one attached hydrogen (secondary N) is 2. The van der Waals surface area contributed by atoms with E-state index in [1.54, 1.807) is 0 Å². The summed E-state index contributed by atoms with van der Waals surface area (Å²) in [6.45, 7) is 1.49. The number of aryl methyl sites for hydroxylation is 1. The van der Waals surface area contributed by atoms with Crippen LogP contribution in [-0.2, 0) is 16.0 Å². The zero-order chi connectivity index (χ0) is 16.2. The quantitative estimate of drug-likeness (QED) is 0.898. The highest BCUT2D eigenvalue weighted by atomic mass is 16.2. The standard InChI is InChI=1S/C19H26N2O2/c1-13(22)20-18(15-8-2-3-9-15)19(23)21-17-12-6-10-14-7-4-5-11-16(14)17/h4-5,7,11,15,17-18H,2-3,6,8-10,12H2,1H3,(H,20,22)(H,21,23)/t17-,18+/m1/s1. The number of hydrogen-bond acceptors (Lipinski definition) is 2. The van der Waals surface area contributed by atoms with Gasteiger partial charge >= 0.3 is 0 Å². The Balaban J connectivity index is 1.73. The molecule has 23 heavy (non-hydrogen) atoms. The van der Waals surface area contributed by atoms with Crippen LogP contribution in [0, 0.1) is 5.92 Å². The predicted octanol–water partition coefficient (Wildman–Crippen LogP) is 2.88. The number of carbonyl (C=O) groups is 2. The Kier molecular flexibility index (Phi) is 4.99. The molecule has 1 saturated carbocycles. The largest absolute Gasteiger partial charge is 0.347 e. The van der Waals surface area contributed by atoms with E-state index in [0.717, 1.165) is 44.9 Å². The van der Waals surface area contributed by atoms with Crippen molar-refractivity contribution in [2.75, 3.05) is 0 Å². The topological polar surface area (TPSA) is 58.2 Å². The lowest BCUT2D eigenvalue weighted by molar-refractivity contribution is -0.130. The fourth-order valence-corrected chi connectivity index (χ4v) is 4.07. The fourth-order valence-electron chi connectivity index (χ4n) is 4.07. The average Bonchev–Trinajstić information content (AvgIpc) is 3.07. The van der Waals surface area contributed by atoms with Gasteiger partial charge in [-0.25, -0.2) is 0 Å². The maximum Gasteiger partial charge on any atom is 0.243 e. The van der Waals surface area contributed by atoms with Crippen molar-refractivity contribution < 1.29 is 9.59 Å². The van der Waals surface area contributed by atoms with Crippen LogP contribution in [0.4, 0.5) is 0 Å². The third-order valence-corrected chi connectivity index (χ3v) is 5.20. The summed E-state index contributed by atoms with van der Waals surface area (Å²) in [5.41, 5.74) is 2.57. The highest BCUT2D eigenvalue weighted by Crippen LogP contribution is 2.31. The van der Waals surface area contributed by atoms with Crippen molar-refractivity contribution in [3.63, 3.8) is 0 Å². The van der Waals surface area contributed by atoms with E-state index in [1.807, 2.05) is 6.07 Å². The molecule has 124 valence electrons. The predicted molar refractivity (Wildman–Crippen MR) is 89.8 cm³/mol. The molecule has 0 bridgehead atoms. The second kappa shape index (κ2) is 7.16. The molecule has 0 saturated heterocycles. The summed E-state index contributed by atoms with van der Waals surface area (Å²) in [6, 6.07) is 8.04. The summed E-state index contributed by atoms with van der Waals surface area (Å²) < 4.78 is 0. The van der Waals surface area contributed by atoms with Crippen molar-refractivity contribution in [1.82, 2.24) is 10.6 Å². The highest BCUT2D eigenvalue weighted by Gasteiger charge is 2.33. The molecule has 2 amide bonds. The zero-order valence-electron chi connectivity index (χ0n) is 13.8. The fraction of sp³-hybridized carbons (Fsp3) is 0.579. The van der Waals surface area contributed by atoms with Crippen LogP contribution in [0.5, 0.6) is 0 Å². The minimum absolute atomic E-state index is 0.0196. The Hall–Kier alpha value is -1.84. The highest BCUT2D eigenvalue weighted by molar-refractivity contribution is 5.87. The van der Waals surface area contributed by atoms with Gasteiger partial charge in [0.15, 0.2) is 0 Å². The molecule has 0 aliphatic heterocycles. The number of fused-ring (bicyclic) bond motifs is 1. The number of rotatable bonds is 4. The molecule has 1 fully saturated rings. The molecule has 0 heterocycles. The Bertz CT molecular complexity index is 578. The lowest BCUT2D eigenvalue weighted by Gasteiger charge is -2.30. The Morgan fingerprint density at radius 1 is 1.09 bits per heavy atom. The van der Waals surface area contributed by atoms with Gasteiger partial charge in [-0.05, 0) is 49.1 Å². The first-order valence-corrected chi connectivity index (χ1v) is 8.80. The number of benzene rings is 1. The second-order valence-corrected chi connectivity index (χ2v) is 6.87. The first-order valence-electron chi connectivity index (χ1n) is 8.80. The van der Waals surface area contributed by atoms with Gasteiger partial charge in [0, 0.05) is 6.92 Å². The van der Waals surface area contributed by atoms with Gasteiger partial charge in [-0.1, -0.05) is 37.1 Å². The summed E-state index contributed by atoms with van der Waals surface area (Å²) in [5.74, 6) is 0.132. The molecule has 4 heteroatoms. The van der Waals surface area contributed by atoms with Crippen molar-refractivity contribution in [3.05, 3.63) is 35.4 Å². The summed E-state index contributed by atoms with van der Waals surface area (Å²) in [6.07, 6.45) is 7.51. The van der Waals surface area contributed by atoms with Gasteiger partial charge in [-0.15, -0.1) is 0 Å². The van der Waals surface area contributed by atoms with Gasteiger partial charge in [0.25, 0.3) is 0 Å². The third kappa shape index (κ3) is 3.74. The molecule has 0 unspecified atom stereocenters. The Morgan fingerprint density at radius 3 is 2.57 bits per heavy atom. The molecular formula is C19H26N2O2. The average molecular weight is 314 g/mol. The van der Waals surface area contributed by atoms with Gasteiger partial charge in [0.2, 0.25) is 11.8 Å². The lowest BCUT2D eigenvalue weighted by atomic mass is 9.87. The van der Waals surface area contributed by atoms with Gasteiger partial charge in [-0.3, -0.25) is 9.59 Å². The van der Waals surface area contributed by atoms with Crippen molar-refractivity contribution >= 4 is 11.8 Å². The lowest BCUT2D eigenvalue weighted by Crippen LogP contribution is -2.50. The van der Waals surface area contributed by atoms with Crippen LogP contribution < -0.4 is 10.6 Å². The molecule has 1 aromatic carbocycles. The van der Waals surface area contributed by atoms with Gasteiger partial charge in [0.1, 0.15) is 6.04 Å². The molecule has 0 aromatic heterocycles. The SMILES string of the molecule is CC(=O)N[C@H](C(=O)N[C@@H]1CCCc2ccccc21)C1CCCC1. The van der Waals surface area contributed by atoms with Gasteiger partial charge < -0.3 is 10.6 Å². The van der Waals surface area contributed by atoms with Crippen molar-refractivity contribution in [2.24, 2.45) is 5.92 Å². The molecule has 2 aliphatic rings. The van der Waals surface area contributed by atoms with Crippen LogP contribution in [0.3, 0.4) is 0 Å². The van der Waals surface area contributed by atoms with Gasteiger partial charge in [0.05, 0.1) is 6.04 Å². The van der Waals surface area contributed by atoms with Crippen LogP contribution in [0.25, 0.3) is 0 Å². The van der Waals surface area contributed by atoms with Crippen LogP contribution in [-0.4, -0.2) is 17.9 Å². The van der Waals surface area contributed by atoms with E-state index >= 15 is 0 Å². The molecule has 0 spiro atoms. The van der Waals surface area contributed by atoms with Crippen LogP contribution in [0.15, 0.2) is 24.3 Å². The van der Waals surface area contributed by atoms with E-state index in [0.29, 0.717) is 0 Å². The third-order valence-electron chi connectivity index (χ3n) is 5.20. The van der Waals surface area contributed by atoms with E-state index in [-0.39, 0.29) is 29.8 Å². The van der Waals surface area contributed by atoms with E-state index in [2.05, 4.69) is 28.8 Å². The Labute approximate surface area is 138 Å². The van der Waals surface area contributed by atoms with Crippen molar-refractivity contribution in [1.29, 1.82) is 0 Å². The maximum atomic E-state index is 12.8. The summed E-state index contributed by atoms with van der Waals surface area (Å²) in [5, 5.41) is 6.09. The normalized spacial score (nSPS) is 22.2. The minimum atomic E-state index is -0.385. The summed E-state index contributed by atoms with van der Waals surface area (Å²) in [7, 11) is 0. The number of carbonyl (C=O) groups excluding carboxylic acids is 2. The smallest absolute Gasteiger partial charge is 0.243 e. The second-order valence-electron chi connectivity index (χ2n) is 6.87. The number of hydrogen-bond donors (Lipinski definition) is 2. The zero-order valence-corrected chi connectivity index (χ0v) is 13.8. The van der Waals surface area contributed by atoms with E-state index in [9.17, 15) is 9.59 Å². The van der Waals surface area contributed by atoms with E-state index < -0.39 is 0 Å².